The number of aliphatic hydroxyl groups is 1. The standard InChI is InChI=1S/C16H25NO2/c1-11(2)8-15(10-18)17-16(19)13(4)14-7-5-6-12(3)9-14/h5-7,9,11,13,15,18H,8,10H2,1-4H3,(H,17,19). The Hall–Kier alpha value is -1.35. The van der Waals surface area contributed by atoms with Crippen molar-refractivity contribution in [1.82, 2.24) is 5.32 Å². The summed E-state index contributed by atoms with van der Waals surface area (Å²) in [4.78, 5) is 12.2. The molecule has 0 saturated heterocycles. The summed E-state index contributed by atoms with van der Waals surface area (Å²) in [7, 11) is 0. The first-order valence-corrected chi connectivity index (χ1v) is 6.91. The van der Waals surface area contributed by atoms with E-state index in [4.69, 9.17) is 0 Å². The van der Waals surface area contributed by atoms with E-state index in [0.717, 1.165) is 17.5 Å². The molecular weight excluding hydrogens is 238 g/mol. The molecule has 2 N–H and O–H groups in total. The highest BCUT2D eigenvalue weighted by atomic mass is 16.3. The first kappa shape index (κ1) is 15.7. The topological polar surface area (TPSA) is 49.3 Å². The van der Waals surface area contributed by atoms with Gasteiger partial charge in [0.25, 0.3) is 0 Å². The number of aryl methyl sites for hydroxylation is 1. The van der Waals surface area contributed by atoms with Crippen molar-refractivity contribution < 1.29 is 9.90 Å². The Kier molecular flexibility index (Phi) is 6.03. The monoisotopic (exact) mass is 263 g/mol. The molecule has 1 rings (SSSR count). The summed E-state index contributed by atoms with van der Waals surface area (Å²) < 4.78 is 0. The average Bonchev–Trinajstić information content (AvgIpc) is 2.36. The first-order valence-electron chi connectivity index (χ1n) is 6.91. The van der Waals surface area contributed by atoms with Gasteiger partial charge in [-0.25, -0.2) is 0 Å². The van der Waals surface area contributed by atoms with Gasteiger partial charge in [-0.1, -0.05) is 43.7 Å². The second kappa shape index (κ2) is 7.29. The molecule has 0 aliphatic rings. The normalized spacial score (nSPS) is 14.2. The van der Waals surface area contributed by atoms with Gasteiger partial charge in [0.05, 0.1) is 18.6 Å². The van der Waals surface area contributed by atoms with Crippen molar-refractivity contribution in [3.63, 3.8) is 0 Å². The molecule has 0 aromatic heterocycles. The molecule has 0 aliphatic carbocycles. The van der Waals surface area contributed by atoms with Crippen LogP contribution in [-0.4, -0.2) is 23.7 Å². The summed E-state index contributed by atoms with van der Waals surface area (Å²) >= 11 is 0. The molecule has 1 aromatic rings. The minimum Gasteiger partial charge on any atom is -0.394 e. The predicted octanol–water partition coefficient (Wildman–Crippen LogP) is 2.62. The van der Waals surface area contributed by atoms with Crippen molar-refractivity contribution in [1.29, 1.82) is 0 Å². The number of hydrogen-bond acceptors (Lipinski definition) is 2. The van der Waals surface area contributed by atoms with Crippen LogP contribution in [0.3, 0.4) is 0 Å². The van der Waals surface area contributed by atoms with E-state index in [-0.39, 0.29) is 24.5 Å². The summed E-state index contributed by atoms with van der Waals surface area (Å²) in [5, 5.41) is 12.2. The molecule has 0 bridgehead atoms. The highest BCUT2D eigenvalue weighted by molar-refractivity contribution is 5.83. The van der Waals surface area contributed by atoms with Gasteiger partial charge < -0.3 is 10.4 Å². The number of benzene rings is 1. The van der Waals surface area contributed by atoms with Crippen LogP contribution in [0.15, 0.2) is 24.3 Å². The predicted molar refractivity (Wildman–Crippen MR) is 78.1 cm³/mol. The molecule has 106 valence electrons. The zero-order valence-electron chi connectivity index (χ0n) is 12.3. The van der Waals surface area contributed by atoms with Crippen molar-refractivity contribution in [2.24, 2.45) is 5.92 Å². The summed E-state index contributed by atoms with van der Waals surface area (Å²) in [6.07, 6.45) is 0.794. The van der Waals surface area contributed by atoms with E-state index in [9.17, 15) is 9.90 Å². The van der Waals surface area contributed by atoms with E-state index in [1.54, 1.807) is 0 Å². The average molecular weight is 263 g/mol. The molecule has 0 radical (unpaired) electrons. The van der Waals surface area contributed by atoms with Gasteiger partial charge in [0.1, 0.15) is 0 Å². The molecule has 1 amide bonds. The molecule has 2 atom stereocenters. The van der Waals surface area contributed by atoms with Gasteiger partial charge in [-0.2, -0.15) is 0 Å². The zero-order chi connectivity index (χ0) is 14.4. The van der Waals surface area contributed by atoms with Crippen molar-refractivity contribution in [3.05, 3.63) is 35.4 Å². The van der Waals surface area contributed by atoms with E-state index in [1.807, 2.05) is 38.1 Å². The lowest BCUT2D eigenvalue weighted by molar-refractivity contribution is -0.123. The largest absolute Gasteiger partial charge is 0.394 e. The Morgan fingerprint density at radius 1 is 1.32 bits per heavy atom. The van der Waals surface area contributed by atoms with Crippen LogP contribution in [0.5, 0.6) is 0 Å². The SMILES string of the molecule is Cc1cccc(C(C)C(=O)NC(CO)CC(C)C)c1. The van der Waals surface area contributed by atoms with Crippen LogP contribution in [0.1, 0.15) is 44.2 Å². The maximum absolute atomic E-state index is 12.2. The fraction of sp³-hybridized carbons (Fsp3) is 0.562. The van der Waals surface area contributed by atoms with Crippen molar-refractivity contribution in [2.75, 3.05) is 6.61 Å². The fourth-order valence-corrected chi connectivity index (χ4v) is 2.17. The molecule has 3 nitrogen and oxygen atoms in total. The Bertz CT molecular complexity index is 415. The third-order valence-corrected chi connectivity index (χ3v) is 3.26. The maximum atomic E-state index is 12.2. The molecule has 3 heteroatoms. The van der Waals surface area contributed by atoms with Gasteiger partial charge >= 0.3 is 0 Å². The summed E-state index contributed by atoms with van der Waals surface area (Å²) in [5.41, 5.74) is 2.16. The van der Waals surface area contributed by atoms with Crippen molar-refractivity contribution in [3.8, 4) is 0 Å². The third kappa shape index (κ3) is 5.03. The number of rotatable bonds is 6. The van der Waals surface area contributed by atoms with Gasteiger partial charge in [-0.05, 0) is 31.7 Å². The van der Waals surface area contributed by atoms with Crippen LogP contribution in [0.2, 0.25) is 0 Å². The highest BCUT2D eigenvalue weighted by Crippen LogP contribution is 2.17. The lowest BCUT2D eigenvalue weighted by atomic mass is 9.97. The number of amides is 1. The Labute approximate surface area is 116 Å². The lowest BCUT2D eigenvalue weighted by Crippen LogP contribution is -2.40. The highest BCUT2D eigenvalue weighted by Gasteiger charge is 2.19. The van der Waals surface area contributed by atoms with Crippen molar-refractivity contribution >= 4 is 5.91 Å². The van der Waals surface area contributed by atoms with Crippen LogP contribution in [-0.2, 0) is 4.79 Å². The Balaban J connectivity index is 2.66. The zero-order valence-corrected chi connectivity index (χ0v) is 12.3. The molecule has 0 heterocycles. The molecule has 19 heavy (non-hydrogen) atoms. The van der Waals surface area contributed by atoms with E-state index in [1.165, 1.54) is 0 Å². The van der Waals surface area contributed by atoms with E-state index in [0.29, 0.717) is 5.92 Å². The van der Waals surface area contributed by atoms with Gasteiger partial charge in [0.2, 0.25) is 5.91 Å². The van der Waals surface area contributed by atoms with Gasteiger partial charge in [-0.3, -0.25) is 4.79 Å². The molecule has 0 saturated carbocycles. The summed E-state index contributed by atoms with van der Waals surface area (Å²) in [5.74, 6) is 0.234. The molecule has 0 spiro atoms. The fourth-order valence-electron chi connectivity index (χ4n) is 2.17. The molecule has 0 fully saturated rings. The molecule has 0 aliphatic heterocycles. The number of hydrogen-bond donors (Lipinski definition) is 2. The number of aliphatic hydroxyl groups excluding tert-OH is 1. The van der Waals surface area contributed by atoms with Crippen molar-refractivity contribution in [2.45, 2.75) is 46.1 Å². The molecular formula is C16H25NO2. The Morgan fingerprint density at radius 3 is 2.53 bits per heavy atom. The molecule has 2 unspecified atom stereocenters. The van der Waals surface area contributed by atoms with Gasteiger partial charge in [0.15, 0.2) is 0 Å². The Morgan fingerprint density at radius 2 is 2.00 bits per heavy atom. The van der Waals surface area contributed by atoms with Gasteiger partial charge in [-0.15, -0.1) is 0 Å². The minimum atomic E-state index is -0.193. The summed E-state index contributed by atoms with van der Waals surface area (Å²) in [6, 6.07) is 7.82. The smallest absolute Gasteiger partial charge is 0.227 e. The second-order valence-corrected chi connectivity index (χ2v) is 5.65. The van der Waals surface area contributed by atoms with E-state index < -0.39 is 0 Å². The minimum absolute atomic E-state index is 0.00947. The van der Waals surface area contributed by atoms with Crippen LogP contribution in [0.25, 0.3) is 0 Å². The van der Waals surface area contributed by atoms with Crippen LogP contribution >= 0.6 is 0 Å². The number of nitrogens with one attached hydrogen (secondary N) is 1. The number of carbonyl (C=O) groups excluding carboxylic acids is 1. The quantitative estimate of drug-likeness (QED) is 0.829. The van der Waals surface area contributed by atoms with E-state index >= 15 is 0 Å². The first-order chi connectivity index (χ1) is 8.93. The number of carbonyl (C=O) groups is 1. The second-order valence-electron chi connectivity index (χ2n) is 5.65. The third-order valence-electron chi connectivity index (χ3n) is 3.26. The maximum Gasteiger partial charge on any atom is 0.227 e. The van der Waals surface area contributed by atoms with Crippen LogP contribution in [0.4, 0.5) is 0 Å². The van der Waals surface area contributed by atoms with Gasteiger partial charge in [0, 0.05) is 0 Å². The molecule has 1 aromatic carbocycles. The van der Waals surface area contributed by atoms with Crippen LogP contribution in [0, 0.1) is 12.8 Å². The lowest BCUT2D eigenvalue weighted by Gasteiger charge is -2.21. The van der Waals surface area contributed by atoms with Crippen LogP contribution < -0.4 is 5.32 Å². The summed E-state index contributed by atoms with van der Waals surface area (Å²) in [6.45, 7) is 8.07. The van der Waals surface area contributed by atoms with E-state index in [2.05, 4.69) is 19.2 Å².